The molecule has 0 aliphatic heterocycles. The molecule has 0 unspecified atom stereocenters. The summed E-state index contributed by atoms with van der Waals surface area (Å²) in [5.41, 5.74) is 8.39. The van der Waals surface area contributed by atoms with Gasteiger partial charge in [-0.3, -0.25) is 4.79 Å². The molecule has 1 atom stereocenters. The molecule has 0 aliphatic rings. The largest absolute Gasteiger partial charge is 0.517 e. The molecule has 0 saturated heterocycles. The highest BCUT2D eigenvalue weighted by Crippen LogP contribution is 2.55. The van der Waals surface area contributed by atoms with E-state index < -0.39 is 22.4 Å². The molecule has 0 bridgehead atoms. The first-order valence-corrected chi connectivity index (χ1v) is 15.4. The van der Waals surface area contributed by atoms with Gasteiger partial charge in [-0.25, -0.2) is 0 Å². The Morgan fingerprint density at radius 3 is 1.85 bits per heavy atom. The molecule has 0 radical (unpaired) electrons. The third-order valence-corrected chi connectivity index (χ3v) is 16.7. The molecular formula is C21H39NO2Si2. The van der Waals surface area contributed by atoms with Gasteiger partial charge in [0.05, 0.1) is 0 Å². The summed E-state index contributed by atoms with van der Waals surface area (Å²) in [6.07, 6.45) is 0.519. The summed E-state index contributed by atoms with van der Waals surface area (Å²) in [4.78, 5) is 13.0. The lowest BCUT2D eigenvalue weighted by Crippen LogP contribution is -2.60. The van der Waals surface area contributed by atoms with Crippen molar-refractivity contribution in [2.24, 2.45) is 5.73 Å². The van der Waals surface area contributed by atoms with Crippen molar-refractivity contribution in [2.75, 3.05) is 0 Å². The lowest BCUT2D eigenvalue weighted by molar-refractivity contribution is -0.137. The third kappa shape index (κ3) is 5.79. The summed E-state index contributed by atoms with van der Waals surface area (Å²) in [7, 11) is -3.89. The van der Waals surface area contributed by atoms with E-state index in [-0.39, 0.29) is 16.0 Å². The molecular weight excluding hydrogens is 354 g/mol. The second kappa shape index (κ2) is 7.99. The monoisotopic (exact) mass is 393 g/mol. The van der Waals surface area contributed by atoms with E-state index in [9.17, 15) is 4.79 Å². The van der Waals surface area contributed by atoms with Crippen LogP contribution in [0.1, 0.15) is 47.1 Å². The van der Waals surface area contributed by atoms with E-state index in [1.165, 1.54) is 0 Å². The molecule has 1 aromatic carbocycles. The summed E-state index contributed by atoms with van der Waals surface area (Å²) in [6, 6.07) is 9.32. The van der Waals surface area contributed by atoms with E-state index >= 15 is 0 Å². The lowest BCUT2D eigenvalue weighted by Gasteiger charge is -2.52. The van der Waals surface area contributed by atoms with Crippen LogP contribution < -0.4 is 5.73 Å². The quantitative estimate of drug-likeness (QED) is 0.647. The number of carbonyl (C=O) groups excluding carboxylic acids is 1. The van der Waals surface area contributed by atoms with E-state index in [4.69, 9.17) is 10.2 Å². The van der Waals surface area contributed by atoms with Crippen molar-refractivity contribution < 1.29 is 9.22 Å². The summed E-state index contributed by atoms with van der Waals surface area (Å²) >= 11 is 0. The molecule has 1 rings (SSSR count). The molecule has 0 aliphatic carbocycles. The SMILES string of the molecule is CC(C)(C)[Si](C[Si](C)(C)C)(OC(=O)[C@@H](N)Cc1ccccc1)C(C)(C)C. The van der Waals surface area contributed by atoms with Crippen molar-refractivity contribution in [1.29, 1.82) is 0 Å². The molecule has 0 amide bonds. The van der Waals surface area contributed by atoms with Crippen molar-refractivity contribution in [2.45, 2.75) is 89.4 Å². The molecule has 3 nitrogen and oxygen atoms in total. The van der Waals surface area contributed by atoms with Gasteiger partial charge in [0.25, 0.3) is 8.32 Å². The maximum atomic E-state index is 13.0. The lowest BCUT2D eigenvalue weighted by atomic mass is 10.1. The first kappa shape index (κ1) is 23.1. The Bertz CT molecular complexity index is 581. The van der Waals surface area contributed by atoms with Gasteiger partial charge >= 0.3 is 5.97 Å². The first-order valence-electron chi connectivity index (χ1n) is 9.61. The highest BCUT2D eigenvalue weighted by molar-refractivity contribution is 6.96. The van der Waals surface area contributed by atoms with E-state index in [2.05, 4.69) is 61.2 Å². The molecule has 0 fully saturated rings. The second-order valence-electron chi connectivity index (χ2n) is 10.8. The molecule has 5 heteroatoms. The van der Waals surface area contributed by atoms with Gasteiger partial charge in [-0.15, -0.1) is 0 Å². The van der Waals surface area contributed by atoms with Gasteiger partial charge in [-0.2, -0.15) is 0 Å². The average molecular weight is 394 g/mol. The highest BCUT2D eigenvalue weighted by atomic mass is 28.4. The number of nitrogens with two attached hydrogens (primary N) is 1. The normalized spacial score (nSPS) is 14.8. The number of hydrogen-bond donors (Lipinski definition) is 1. The Labute approximate surface area is 162 Å². The van der Waals surface area contributed by atoms with Crippen LogP contribution in [-0.2, 0) is 15.6 Å². The summed E-state index contributed by atoms with van der Waals surface area (Å²) in [5, 5.41) is -0.0959. The molecule has 26 heavy (non-hydrogen) atoms. The van der Waals surface area contributed by atoms with Gasteiger partial charge in [-0.1, -0.05) is 91.5 Å². The van der Waals surface area contributed by atoms with E-state index in [0.717, 1.165) is 11.2 Å². The van der Waals surface area contributed by atoms with Gasteiger partial charge in [0.1, 0.15) is 6.04 Å². The standard InChI is InChI=1S/C21H39NO2Si2/c1-20(2,3)26(21(4,5)6,16-25(7,8)9)24-19(23)18(22)15-17-13-11-10-12-14-17/h10-14,18H,15-16,22H2,1-9H3/t18-/m0/s1. The Kier molecular flexibility index (Phi) is 7.10. The van der Waals surface area contributed by atoms with Crippen LogP contribution in [0.5, 0.6) is 0 Å². The maximum Gasteiger partial charge on any atom is 0.310 e. The Morgan fingerprint density at radius 1 is 1.00 bits per heavy atom. The molecule has 0 aromatic heterocycles. The van der Waals surface area contributed by atoms with Crippen LogP contribution in [0.25, 0.3) is 0 Å². The fraction of sp³-hybridized carbons (Fsp3) is 0.667. The fourth-order valence-electron chi connectivity index (χ4n) is 3.94. The van der Waals surface area contributed by atoms with Crippen LogP contribution in [0.3, 0.4) is 0 Å². The van der Waals surface area contributed by atoms with Gasteiger partial charge in [0, 0.05) is 8.07 Å². The summed E-state index contributed by atoms with van der Waals surface area (Å²) in [6.45, 7) is 20.5. The van der Waals surface area contributed by atoms with Gasteiger partial charge in [-0.05, 0) is 27.7 Å². The smallest absolute Gasteiger partial charge is 0.310 e. The molecule has 0 spiro atoms. The Balaban J connectivity index is 3.17. The number of benzene rings is 1. The van der Waals surface area contributed by atoms with E-state index in [1.807, 2.05) is 30.3 Å². The molecule has 148 valence electrons. The van der Waals surface area contributed by atoms with Crippen LogP contribution >= 0.6 is 0 Å². The van der Waals surface area contributed by atoms with Crippen LogP contribution in [0.2, 0.25) is 35.4 Å². The summed E-state index contributed by atoms with van der Waals surface area (Å²) in [5.74, 6) is -0.233. The molecule has 0 saturated carbocycles. The van der Waals surface area contributed by atoms with Crippen molar-refractivity contribution in [1.82, 2.24) is 0 Å². The van der Waals surface area contributed by atoms with Crippen LogP contribution in [0.15, 0.2) is 30.3 Å². The zero-order chi connectivity index (χ0) is 20.4. The van der Waals surface area contributed by atoms with Gasteiger partial charge in [0.15, 0.2) is 0 Å². The van der Waals surface area contributed by atoms with Crippen molar-refractivity contribution in [3.63, 3.8) is 0 Å². The van der Waals surface area contributed by atoms with Crippen LogP contribution in [0, 0.1) is 0 Å². The highest BCUT2D eigenvalue weighted by Gasteiger charge is 2.59. The predicted molar refractivity (Wildman–Crippen MR) is 118 cm³/mol. The Hall–Kier alpha value is -0.916. The van der Waals surface area contributed by atoms with E-state index in [1.54, 1.807) is 0 Å². The predicted octanol–water partition coefficient (Wildman–Crippen LogP) is 5.52. The molecule has 2 N–H and O–H groups in total. The fourth-order valence-corrected chi connectivity index (χ4v) is 17.8. The van der Waals surface area contributed by atoms with Crippen LogP contribution in [-0.4, -0.2) is 28.4 Å². The molecule has 0 heterocycles. The van der Waals surface area contributed by atoms with Crippen molar-refractivity contribution in [3.05, 3.63) is 35.9 Å². The van der Waals surface area contributed by atoms with Crippen molar-refractivity contribution >= 4 is 22.4 Å². The zero-order valence-corrected chi connectivity index (χ0v) is 20.3. The van der Waals surface area contributed by atoms with Gasteiger partial charge in [0.2, 0.25) is 0 Å². The number of carbonyl (C=O) groups is 1. The minimum atomic E-state index is -2.44. The first-order chi connectivity index (χ1) is 11.6. The minimum Gasteiger partial charge on any atom is -0.517 e. The average Bonchev–Trinajstić information content (AvgIpc) is 2.43. The topological polar surface area (TPSA) is 52.3 Å². The summed E-state index contributed by atoms with van der Waals surface area (Å²) < 4.78 is 6.49. The zero-order valence-electron chi connectivity index (χ0n) is 18.3. The Morgan fingerprint density at radius 2 is 1.46 bits per heavy atom. The molecule has 1 aromatic rings. The van der Waals surface area contributed by atoms with Crippen molar-refractivity contribution in [3.8, 4) is 0 Å². The van der Waals surface area contributed by atoms with Crippen LogP contribution in [0.4, 0.5) is 0 Å². The maximum absolute atomic E-state index is 13.0. The third-order valence-electron chi connectivity index (χ3n) is 5.08. The number of rotatable bonds is 6. The van der Waals surface area contributed by atoms with E-state index in [0.29, 0.717) is 6.42 Å². The second-order valence-corrected chi connectivity index (χ2v) is 22.2. The van der Waals surface area contributed by atoms with Gasteiger partial charge < -0.3 is 10.2 Å². The minimum absolute atomic E-state index is 0.0480. The number of hydrogen-bond acceptors (Lipinski definition) is 3.